The van der Waals surface area contributed by atoms with Gasteiger partial charge < -0.3 is 14.6 Å². The van der Waals surface area contributed by atoms with E-state index in [0.717, 1.165) is 0 Å². The Balaban J connectivity index is 2.79. The first-order valence-corrected chi connectivity index (χ1v) is 6.74. The van der Waals surface area contributed by atoms with Crippen LogP contribution in [0.15, 0.2) is 29.2 Å². The van der Waals surface area contributed by atoms with E-state index in [1.165, 1.54) is 24.3 Å². The van der Waals surface area contributed by atoms with Gasteiger partial charge in [-0.25, -0.2) is 13.1 Å². The predicted molar refractivity (Wildman–Crippen MR) is 62.4 cm³/mol. The number of ether oxygens (including phenoxy) is 1. The zero-order chi connectivity index (χ0) is 13.8. The molecule has 0 aromatic heterocycles. The summed E-state index contributed by atoms with van der Waals surface area (Å²) >= 11 is 0. The smallest absolute Gasteiger partial charge is 0.240 e. The summed E-state index contributed by atoms with van der Waals surface area (Å²) in [4.78, 5) is 10.3. The Labute approximate surface area is 106 Å². The van der Waals surface area contributed by atoms with Crippen molar-refractivity contribution in [1.82, 2.24) is 4.72 Å². The fourth-order valence-electron chi connectivity index (χ4n) is 1.24. The third-order valence-electron chi connectivity index (χ3n) is 1.88. The topological polar surface area (TPSA) is 95.5 Å². The summed E-state index contributed by atoms with van der Waals surface area (Å²) in [6.45, 7) is 2.86. The fraction of sp³-hybridized carbons (Fsp3) is 0.364. The second-order valence-corrected chi connectivity index (χ2v) is 5.62. The van der Waals surface area contributed by atoms with Crippen LogP contribution in [0.4, 0.5) is 0 Å². The van der Waals surface area contributed by atoms with E-state index in [9.17, 15) is 18.3 Å². The summed E-state index contributed by atoms with van der Waals surface area (Å²) in [5, 5.41) is 10.2. The average Bonchev–Trinajstić information content (AvgIpc) is 2.25. The van der Waals surface area contributed by atoms with Crippen molar-refractivity contribution in [3.63, 3.8) is 0 Å². The molecule has 1 aromatic carbocycles. The van der Waals surface area contributed by atoms with Crippen molar-refractivity contribution in [3.8, 4) is 5.75 Å². The molecule has 1 aromatic rings. The van der Waals surface area contributed by atoms with Crippen LogP contribution in [0.3, 0.4) is 0 Å². The third-order valence-corrected chi connectivity index (χ3v) is 3.56. The van der Waals surface area contributed by atoms with E-state index in [1.54, 1.807) is 13.8 Å². The van der Waals surface area contributed by atoms with Gasteiger partial charge in [-0.3, -0.25) is 0 Å². The molecule has 0 heterocycles. The molecular formula is C11H14NO5S-. The minimum Gasteiger partial charge on any atom is -0.546 e. The van der Waals surface area contributed by atoms with Gasteiger partial charge in [0.25, 0.3) is 0 Å². The van der Waals surface area contributed by atoms with Crippen molar-refractivity contribution in [2.45, 2.75) is 24.8 Å². The molecule has 0 atom stereocenters. The van der Waals surface area contributed by atoms with Crippen LogP contribution in [0.2, 0.25) is 0 Å². The minimum atomic E-state index is -3.54. The molecule has 0 unspecified atom stereocenters. The van der Waals surface area contributed by atoms with Gasteiger partial charge in [0.2, 0.25) is 10.0 Å². The van der Waals surface area contributed by atoms with Crippen molar-refractivity contribution in [1.29, 1.82) is 0 Å². The molecule has 0 spiro atoms. The lowest BCUT2D eigenvalue weighted by atomic mass is 10.3. The predicted octanol–water partition coefficient (Wildman–Crippen LogP) is -0.498. The number of nitrogens with one attached hydrogen (secondary N) is 1. The van der Waals surface area contributed by atoms with Crippen molar-refractivity contribution < 1.29 is 23.1 Å². The Kier molecular flexibility index (Phi) is 4.69. The standard InChI is InChI=1S/C11H15NO5S/c1-8(2)12-18(15,16)10-5-3-9(4-6-10)17-7-11(13)14/h3-6,8,12H,7H2,1-2H3,(H,13,14)/p-1. The maximum Gasteiger partial charge on any atom is 0.240 e. The molecule has 1 rings (SSSR count). The van der Waals surface area contributed by atoms with Gasteiger partial charge in [-0.2, -0.15) is 0 Å². The van der Waals surface area contributed by atoms with Gasteiger partial charge in [0.05, 0.1) is 10.9 Å². The summed E-state index contributed by atoms with van der Waals surface area (Å²) in [5.41, 5.74) is 0. The van der Waals surface area contributed by atoms with Gasteiger partial charge in [0.1, 0.15) is 12.4 Å². The molecule has 0 aliphatic carbocycles. The van der Waals surface area contributed by atoms with E-state index in [1.807, 2.05) is 0 Å². The molecule has 0 aliphatic rings. The number of hydrogen-bond donors (Lipinski definition) is 1. The molecule has 0 saturated carbocycles. The zero-order valence-corrected chi connectivity index (χ0v) is 10.9. The van der Waals surface area contributed by atoms with E-state index < -0.39 is 22.6 Å². The highest BCUT2D eigenvalue weighted by Crippen LogP contribution is 2.16. The van der Waals surface area contributed by atoms with Gasteiger partial charge >= 0.3 is 0 Å². The Morgan fingerprint density at radius 1 is 1.33 bits per heavy atom. The van der Waals surface area contributed by atoms with Gasteiger partial charge in [-0.1, -0.05) is 0 Å². The first-order chi connectivity index (χ1) is 8.31. The summed E-state index contributed by atoms with van der Waals surface area (Å²) in [5.74, 6) is -1.07. The van der Waals surface area contributed by atoms with E-state index in [0.29, 0.717) is 0 Å². The van der Waals surface area contributed by atoms with E-state index in [2.05, 4.69) is 4.72 Å². The number of sulfonamides is 1. The zero-order valence-electron chi connectivity index (χ0n) is 10.0. The molecule has 0 amide bonds. The molecule has 18 heavy (non-hydrogen) atoms. The van der Waals surface area contributed by atoms with Crippen LogP contribution in [0.5, 0.6) is 5.75 Å². The quantitative estimate of drug-likeness (QED) is 0.753. The van der Waals surface area contributed by atoms with E-state index in [-0.39, 0.29) is 16.7 Å². The molecule has 7 heteroatoms. The number of carbonyl (C=O) groups is 1. The number of carbonyl (C=O) groups excluding carboxylic acids is 1. The van der Waals surface area contributed by atoms with Crippen molar-refractivity contribution in [2.24, 2.45) is 0 Å². The summed E-state index contributed by atoms with van der Waals surface area (Å²) < 4.78 is 30.8. The lowest BCUT2D eigenvalue weighted by Crippen LogP contribution is -2.30. The summed E-state index contributed by atoms with van der Waals surface area (Å²) in [6.07, 6.45) is 0. The molecule has 0 fully saturated rings. The Morgan fingerprint density at radius 2 is 1.89 bits per heavy atom. The molecule has 0 bridgehead atoms. The molecule has 1 N–H and O–H groups in total. The van der Waals surface area contributed by atoms with Crippen LogP contribution in [0, 0.1) is 0 Å². The highest BCUT2D eigenvalue weighted by Gasteiger charge is 2.14. The van der Waals surface area contributed by atoms with Crippen LogP contribution >= 0.6 is 0 Å². The van der Waals surface area contributed by atoms with Crippen LogP contribution < -0.4 is 14.6 Å². The van der Waals surface area contributed by atoms with Gasteiger partial charge in [0, 0.05) is 6.04 Å². The maximum atomic E-state index is 11.8. The lowest BCUT2D eigenvalue weighted by Gasteiger charge is -2.10. The largest absolute Gasteiger partial charge is 0.546 e. The van der Waals surface area contributed by atoms with Crippen LogP contribution in [0.1, 0.15) is 13.8 Å². The second-order valence-electron chi connectivity index (χ2n) is 3.91. The highest BCUT2D eigenvalue weighted by molar-refractivity contribution is 7.89. The first-order valence-electron chi connectivity index (χ1n) is 5.26. The van der Waals surface area contributed by atoms with E-state index in [4.69, 9.17) is 4.74 Å². The highest BCUT2D eigenvalue weighted by atomic mass is 32.2. The van der Waals surface area contributed by atoms with Crippen LogP contribution in [-0.4, -0.2) is 27.0 Å². The van der Waals surface area contributed by atoms with Gasteiger partial charge in [-0.05, 0) is 38.1 Å². The molecule has 0 radical (unpaired) electrons. The Bertz CT molecular complexity index is 507. The van der Waals surface area contributed by atoms with E-state index >= 15 is 0 Å². The van der Waals surface area contributed by atoms with Crippen molar-refractivity contribution >= 4 is 16.0 Å². The van der Waals surface area contributed by atoms with Crippen molar-refractivity contribution in [3.05, 3.63) is 24.3 Å². The Morgan fingerprint density at radius 3 is 2.33 bits per heavy atom. The SMILES string of the molecule is CC(C)NS(=O)(=O)c1ccc(OCC(=O)[O-])cc1. The lowest BCUT2D eigenvalue weighted by molar-refractivity contribution is -0.307. The van der Waals surface area contributed by atoms with Gasteiger partial charge in [0.15, 0.2) is 0 Å². The number of carboxylic acids is 1. The number of hydrogen-bond acceptors (Lipinski definition) is 5. The average molecular weight is 272 g/mol. The minimum absolute atomic E-state index is 0.0944. The maximum absolute atomic E-state index is 11.8. The van der Waals surface area contributed by atoms with Gasteiger partial charge in [-0.15, -0.1) is 0 Å². The number of carboxylic acid groups (broad SMARTS) is 1. The number of benzene rings is 1. The molecule has 100 valence electrons. The molecule has 0 aliphatic heterocycles. The molecular weight excluding hydrogens is 258 g/mol. The Hall–Kier alpha value is -1.60. The number of aliphatic carboxylic acids is 1. The molecule has 0 saturated heterocycles. The monoisotopic (exact) mass is 272 g/mol. The fourth-order valence-corrected chi connectivity index (χ4v) is 2.49. The second kappa shape index (κ2) is 5.83. The van der Waals surface area contributed by atoms with Crippen molar-refractivity contribution in [2.75, 3.05) is 6.61 Å². The molecule has 6 nitrogen and oxygen atoms in total. The number of rotatable bonds is 6. The summed E-state index contributed by atoms with van der Waals surface area (Å²) in [6, 6.07) is 5.25. The first kappa shape index (κ1) is 14.5. The van der Waals surface area contributed by atoms with Crippen LogP contribution in [-0.2, 0) is 14.8 Å². The third kappa shape index (κ3) is 4.34. The summed E-state index contributed by atoms with van der Waals surface area (Å²) in [7, 11) is -3.54. The normalized spacial score (nSPS) is 11.5. The van der Waals surface area contributed by atoms with Crippen LogP contribution in [0.25, 0.3) is 0 Å².